The van der Waals surface area contributed by atoms with Crippen LogP contribution in [0.1, 0.15) is 18.2 Å². The molecular weight excluding hydrogens is 378 g/mol. The smallest absolute Gasteiger partial charge is 0.271 e. The zero-order chi connectivity index (χ0) is 16.0. The molecule has 2 amide bonds. The number of carbonyl (C=O) groups is 1. The Hall–Kier alpha value is -1.56. The lowest BCUT2D eigenvalue weighted by molar-refractivity contribution is 0.0728. The summed E-state index contributed by atoms with van der Waals surface area (Å²) >= 11 is 9.46. The molecule has 0 unspecified atom stereocenters. The van der Waals surface area contributed by atoms with Gasteiger partial charge in [-0.3, -0.25) is 9.91 Å². The van der Waals surface area contributed by atoms with E-state index >= 15 is 0 Å². The number of carbonyl (C=O) groups excluding carboxylic acids is 1. The Labute approximate surface area is 148 Å². The van der Waals surface area contributed by atoms with E-state index in [0.717, 1.165) is 35.2 Å². The van der Waals surface area contributed by atoms with Crippen molar-refractivity contribution in [3.8, 4) is 0 Å². The van der Waals surface area contributed by atoms with Gasteiger partial charge in [-0.2, -0.15) is 5.01 Å². The predicted molar refractivity (Wildman–Crippen MR) is 94.2 cm³/mol. The maximum absolute atomic E-state index is 12.9. The Morgan fingerprint density at radius 2 is 1.70 bits per heavy atom. The minimum atomic E-state index is -0.112. The summed E-state index contributed by atoms with van der Waals surface area (Å²) in [4.78, 5) is 14.7. The molecule has 0 aliphatic carbocycles. The molecule has 118 valence electrons. The van der Waals surface area contributed by atoms with Crippen LogP contribution in [0.25, 0.3) is 0 Å². The van der Waals surface area contributed by atoms with Crippen molar-refractivity contribution in [1.82, 2.24) is 10.0 Å². The topological polar surface area (TPSA) is 26.8 Å². The highest BCUT2D eigenvalue weighted by Gasteiger charge is 2.47. The van der Waals surface area contributed by atoms with E-state index in [-0.39, 0.29) is 12.2 Å². The molecule has 0 bridgehead atoms. The van der Waals surface area contributed by atoms with Crippen molar-refractivity contribution in [3.63, 3.8) is 0 Å². The first kappa shape index (κ1) is 15.0. The molecule has 2 aliphatic heterocycles. The molecule has 2 fully saturated rings. The zero-order valence-corrected chi connectivity index (χ0v) is 14.7. The molecule has 2 heterocycles. The Balaban J connectivity index is 1.79. The Bertz CT molecular complexity index is 735. The molecule has 2 aromatic carbocycles. The number of hydrogen-bond acceptors (Lipinski definition) is 2. The van der Waals surface area contributed by atoms with Crippen molar-refractivity contribution < 1.29 is 4.79 Å². The minimum Gasteiger partial charge on any atom is -0.271 e. The van der Waals surface area contributed by atoms with Gasteiger partial charge in [0.25, 0.3) is 0 Å². The number of fused-ring (bicyclic) bond motifs is 1. The van der Waals surface area contributed by atoms with E-state index in [4.69, 9.17) is 11.6 Å². The molecule has 4 rings (SSSR count). The van der Waals surface area contributed by atoms with Crippen molar-refractivity contribution in [1.29, 1.82) is 0 Å². The Morgan fingerprint density at radius 3 is 2.39 bits per heavy atom. The van der Waals surface area contributed by atoms with Crippen LogP contribution in [0.3, 0.4) is 0 Å². The maximum Gasteiger partial charge on any atom is 0.340 e. The van der Waals surface area contributed by atoms with E-state index in [2.05, 4.69) is 33.1 Å². The summed E-state index contributed by atoms with van der Waals surface area (Å²) in [5.41, 5.74) is 1.96. The molecule has 2 aromatic rings. The summed E-state index contributed by atoms with van der Waals surface area (Å²) in [6.45, 7) is 1.66. The SMILES string of the molecule is O=C1N(c2ccc(Cl)cc2)[C@@H](c2ccc(Br)cc2)N2CCCN12. The molecule has 23 heavy (non-hydrogen) atoms. The fourth-order valence-electron chi connectivity index (χ4n) is 3.26. The van der Waals surface area contributed by atoms with Crippen LogP contribution in [0.2, 0.25) is 5.02 Å². The molecule has 6 heteroatoms. The van der Waals surface area contributed by atoms with Crippen LogP contribution < -0.4 is 4.90 Å². The van der Waals surface area contributed by atoms with E-state index in [9.17, 15) is 4.79 Å². The van der Waals surface area contributed by atoms with E-state index in [0.29, 0.717) is 5.02 Å². The molecular formula is C17H15BrClN3O. The number of halogens is 2. The third kappa shape index (κ3) is 2.53. The summed E-state index contributed by atoms with van der Waals surface area (Å²) < 4.78 is 1.03. The van der Waals surface area contributed by atoms with E-state index < -0.39 is 0 Å². The van der Waals surface area contributed by atoms with Gasteiger partial charge < -0.3 is 0 Å². The first-order chi connectivity index (χ1) is 11.1. The monoisotopic (exact) mass is 391 g/mol. The zero-order valence-electron chi connectivity index (χ0n) is 12.3. The van der Waals surface area contributed by atoms with Crippen molar-refractivity contribution in [3.05, 3.63) is 63.6 Å². The van der Waals surface area contributed by atoms with Gasteiger partial charge in [0.05, 0.1) is 0 Å². The van der Waals surface area contributed by atoms with Gasteiger partial charge >= 0.3 is 6.03 Å². The van der Waals surface area contributed by atoms with Gasteiger partial charge in [-0.05, 0) is 48.4 Å². The average Bonchev–Trinajstić information content (AvgIpc) is 3.12. The molecule has 0 N–H and O–H groups in total. The van der Waals surface area contributed by atoms with Gasteiger partial charge in [-0.1, -0.05) is 39.7 Å². The number of hydrazine groups is 1. The largest absolute Gasteiger partial charge is 0.340 e. The predicted octanol–water partition coefficient (Wildman–Crippen LogP) is 4.66. The lowest BCUT2D eigenvalue weighted by Gasteiger charge is -2.28. The molecule has 0 radical (unpaired) electrons. The van der Waals surface area contributed by atoms with Gasteiger partial charge in [-0.15, -0.1) is 0 Å². The molecule has 0 aromatic heterocycles. The molecule has 2 aliphatic rings. The Morgan fingerprint density at radius 1 is 1.00 bits per heavy atom. The lowest BCUT2D eigenvalue weighted by atomic mass is 10.1. The minimum absolute atomic E-state index is 0.0257. The van der Waals surface area contributed by atoms with Crippen molar-refractivity contribution in [2.75, 3.05) is 18.0 Å². The molecule has 1 atom stereocenters. The van der Waals surface area contributed by atoms with E-state index in [1.165, 1.54) is 0 Å². The van der Waals surface area contributed by atoms with Gasteiger partial charge in [0.2, 0.25) is 0 Å². The van der Waals surface area contributed by atoms with Crippen molar-refractivity contribution in [2.45, 2.75) is 12.6 Å². The van der Waals surface area contributed by atoms with E-state index in [1.807, 2.05) is 46.3 Å². The van der Waals surface area contributed by atoms with Gasteiger partial charge in [0.1, 0.15) is 6.17 Å². The van der Waals surface area contributed by atoms with Crippen LogP contribution >= 0.6 is 27.5 Å². The molecule has 0 saturated carbocycles. The summed E-state index contributed by atoms with van der Waals surface area (Å²) in [5.74, 6) is 0. The quantitative estimate of drug-likeness (QED) is 0.743. The normalized spacial score (nSPS) is 21.1. The number of benzene rings is 2. The standard InChI is InChI=1S/C17H15BrClN3O/c18-13-4-2-12(3-5-13)16-20-10-1-11-21(20)17(23)22(16)15-8-6-14(19)7-9-15/h2-9,16H,1,10-11H2/t16-/m0/s1. The summed E-state index contributed by atoms with van der Waals surface area (Å²) in [6, 6.07) is 15.6. The highest BCUT2D eigenvalue weighted by molar-refractivity contribution is 9.10. The fourth-order valence-corrected chi connectivity index (χ4v) is 3.65. The number of hydrogen-bond donors (Lipinski definition) is 0. The highest BCUT2D eigenvalue weighted by Crippen LogP contribution is 2.40. The summed E-state index contributed by atoms with van der Waals surface area (Å²) in [5, 5.41) is 4.67. The molecule has 2 saturated heterocycles. The van der Waals surface area contributed by atoms with Crippen LogP contribution in [0.4, 0.5) is 10.5 Å². The number of rotatable bonds is 2. The van der Waals surface area contributed by atoms with Crippen LogP contribution in [-0.4, -0.2) is 29.1 Å². The van der Waals surface area contributed by atoms with E-state index in [1.54, 1.807) is 0 Å². The third-order valence-corrected chi connectivity index (χ3v) is 5.07. The van der Waals surface area contributed by atoms with Crippen molar-refractivity contribution >= 4 is 39.2 Å². The van der Waals surface area contributed by atoms with Gasteiger partial charge in [0.15, 0.2) is 0 Å². The van der Waals surface area contributed by atoms with Gasteiger partial charge in [0, 0.05) is 28.3 Å². The molecule has 0 spiro atoms. The first-order valence-electron chi connectivity index (χ1n) is 7.53. The second kappa shape index (κ2) is 5.82. The summed E-state index contributed by atoms with van der Waals surface area (Å²) in [7, 11) is 0. The average molecular weight is 393 g/mol. The van der Waals surface area contributed by atoms with Crippen LogP contribution in [0.15, 0.2) is 53.0 Å². The molecule has 4 nitrogen and oxygen atoms in total. The Kier molecular flexibility index (Phi) is 3.79. The third-order valence-electron chi connectivity index (χ3n) is 4.29. The number of anilines is 1. The van der Waals surface area contributed by atoms with Crippen LogP contribution in [-0.2, 0) is 0 Å². The first-order valence-corrected chi connectivity index (χ1v) is 8.70. The lowest BCUT2D eigenvalue weighted by Crippen LogP contribution is -2.32. The van der Waals surface area contributed by atoms with Crippen LogP contribution in [0, 0.1) is 0 Å². The fraction of sp³-hybridized carbons (Fsp3) is 0.235. The summed E-state index contributed by atoms with van der Waals surface area (Å²) in [6.07, 6.45) is 0.895. The highest BCUT2D eigenvalue weighted by atomic mass is 79.9. The van der Waals surface area contributed by atoms with Gasteiger partial charge in [-0.25, -0.2) is 4.79 Å². The number of nitrogens with zero attached hydrogens (tertiary/aromatic N) is 3. The van der Waals surface area contributed by atoms with Crippen LogP contribution in [0.5, 0.6) is 0 Å². The second-order valence-corrected chi connectivity index (χ2v) is 7.05. The second-order valence-electron chi connectivity index (χ2n) is 5.69. The number of urea groups is 1. The number of amides is 2. The van der Waals surface area contributed by atoms with Crippen molar-refractivity contribution in [2.24, 2.45) is 0 Å². The maximum atomic E-state index is 12.9.